The van der Waals surface area contributed by atoms with Crippen LogP contribution in [0.3, 0.4) is 0 Å². The number of nitrogens with zero attached hydrogens (tertiary/aromatic N) is 2. The van der Waals surface area contributed by atoms with Gasteiger partial charge < -0.3 is 15.0 Å². The van der Waals surface area contributed by atoms with Crippen molar-refractivity contribution < 1.29 is 9.13 Å². The molecule has 9 heteroatoms. The van der Waals surface area contributed by atoms with Crippen molar-refractivity contribution in [1.82, 2.24) is 20.3 Å². The largest absolute Gasteiger partial charge is 0.480 e. The van der Waals surface area contributed by atoms with Gasteiger partial charge in [0.05, 0.1) is 7.11 Å². The Labute approximate surface area is 150 Å². The molecule has 0 bridgehead atoms. The molecule has 24 heavy (non-hydrogen) atoms. The van der Waals surface area contributed by atoms with Gasteiger partial charge in [-0.15, -0.1) is 0 Å². The zero-order valence-electron chi connectivity index (χ0n) is 14.8. The lowest BCUT2D eigenvalue weighted by molar-refractivity contribution is 0.401. The highest BCUT2D eigenvalue weighted by molar-refractivity contribution is 7.98. The quantitative estimate of drug-likeness (QED) is 0.481. The number of pyridine rings is 1. The summed E-state index contributed by atoms with van der Waals surface area (Å²) >= 11 is 6.78. The zero-order chi connectivity index (χ0) is 18.7. The predicted octanol–water partition coefficient (Wildman–Crippen LogP) is 3.48. The van der Waals surface area contributed by atoms with E-state index < -0.39 is 11.4 Å². The number of hydrogen-bond acceptors (Lipinski definition) is 6. The van der Waals surface area contributed by atoms with E-state index in [1.165, 1.54) is 25.3 Å². The van der Waals surface area contributed by atoms with Crippen molar-refractivity contribution in [2.75, 3.05) is 27.0 Å². The summed E-state index contributed by atoms with van der Waals surface area (Å²) in [5.74, 6) is -0.878. The summed E-state index contributed by atoms with van der Waals surface area (Å²) in [7, 11) is 3.28. The Bertz CT molecular complexity index is 695. The van der Waals surface area contributed by atoms with Crippen LogP contribution in [-0.2, 0) is 0 Å². The van der Waals surface area contributed by atoms with Crippen LogP contribution in [0.2, 0.25) is 5.15 Å². The Kier molecular flexibility index (Phi) is 11.4. The Balaban J connectivity index is 0.000000650. The molecule has 136 valence electrons. The molecule has 0 radical (unpaired) electrons. The zero-order valence-corrected chi connectivity index (χ0v) is 16.4. The summed E-state index contributed by atoms with van der Waals surface area (Å²) in [5.41, 5.74) is -0.658. The van der Waals surface area contributed by atoms with E-state index in [1.807, 2.05) is 20.9 Å². The fourth-order valence-electron chi connectivity index (χ4n) is 1.60. The minimum absolute atomic E-state index is 0.0483. The fourth-order valence-corrected chi connectivity index (χ4v) is 2.14. The maximum Gasteiger partial charge on any atom is 0.265 e. The lowest BCUT2D eigenvalue weighted by Gasteiger charge is -2.06. The van der Waals surface area contributed by atoms with Gasteiger partial charge in [0.1, 0.15) is 10.9 Å². The Morgan fingerprint density at radius 1 is 1.38 bits per heavy atom. The predicted molar refractivity (Wildman–Crippen MR) is 99.0 cm³/mol. The summed E-state index contributed by atoms with van der Waals surface area (Å²) in [4.78, 5) is 21.8. The number of aromatic amines is 1. The highest BCUT2D eigenvalue weighted by atomic mass is 35.5. The van der Waals surface area contributed by atoms with Crippen molar-refractivity contribution in [3.05, 3.63) is 21.3 Å². The standard InChI is InChI=1S/C9H7ClFN3O2S.C4H11N.C2H6/c1-16-8-3-5(4(11)6(10)13-8)12-9(17-2)14-7(3)15;1-3-4-5-2;1-2/h1-2H3,(H,12,14,15);5H,3-4H2,1-2H3;1-2H3. The normalized spacial score (nSPS) is 9.67. The maximum absolute atomic E-state index is 13.7. The van der Waals surface area contributed by atoms with Crippen molar-refractivity contribution in [2.45, 2.75) is 32.3 Å². The van der Waals surface area contributed by atoms with Gasteiger partial charge in [-0.1, -0.05) is 44.1 Å². The number of aromatic nitrogens is 3. The molecule has 0 aliphatic carbocycles. The van der Waals surface area contributed by atoms with Crippen LogP contribution in [0.25, 0.3) is 10.9 Å². The summed E-state index contributed by atoms with van der Waals surface area (Å²) in [6.45, 7) is 7.29. The first-order valence-electron chi connectivity index (χ1n) is 7.51. The minimum Gasteiger partial charge on any atom is -0.480 e. The molecular formula is C15H24ClFN4O2S. The van der Waals surface area contributed by atoms with E-state index in [0.29, 0.717) is 5.16 Å². The van der Waals surface area contributed by atoms with Gasteiger partial charge in [-0.2, -0.15) is 4.98 Å². The molecule has 0 saturated carbocycles. The first-order valence-corrected chi connectivity index (χ1v) is 9.11. The molecule has 2 aromatic heterocycles. The third-order valence-corrected chi connectivity index (χ3v) is 3.42. The SMILES string of the molecule is CC.CCCNC.COc1nc(Cl)c(F)c2nc(SC)[nH]c(=O)c12. The number of rotatable bonds is 4. The summed E-state index contributed by atoms with van der Waals surface area (Å²) in [5, 5.41) is 2.89. The molecule has 6 nitrogen and oxygen atoms in total. The van der Waals surface area contributed by atoms with Gasteiger partial charge in [0.25, 0.3) is 5.56 Å². The molecule has 0 aliphatic heterocycles. The molecule has 0 atom stereocenters. The van der Waals surface area contributed by atoms with Crippen molar-refractivity contribution in [3.8, 4) is 5.88 Å². The average Bonchev–Trinajstić information content (AvgIpc) is 2.60. The van der Waals surface area contributed by atoms with Crippen molar-refractivity contribution >= 4 is 34.3 Å². The van der Waals surface area contributed by atoms with E-state index in [4.69, 9.17) is 16.3 Å². The average molecular weight is 379 g/mol. The lowest BCUT2D eigenvalue weighted by atomic mass is 10.3. The van der Waals surface area contributed by atoms with Crippen LogP contribution < -0.4 is 15.6 Å². The number of hydrogen-bond donors (Lipinski definition) is 2. The van der Waals surface area contributed by atoms with Gasteiger partial charge >= 0.3 is 0 Å². The Hall–Kier alpha value is -1.38. The molecule has 0 aliphatic rings. The van der Waals surface area contributed by atoms with E-state index in [0.717, 1.165) is 6.54 Å². The van der Waals surface area contributed by atoms with Crippen LogP contribution in [-0.4, -0.2) is 41.9 Å². The van der Waals surface area contributed by atoms with Gasteiger partial charge in [-0.3, -0.25) is 4.79 Å². The number of halogens is 2. The summed E-state index contributed by atoms with van der Waals surface area (Å²) in [6, 6.07) is 0. The molecular weight excluding hydrogens is 355 g/mol. The summed E-state index contributed by atoms with van der Waals surface area (Å²) in [6.07, 6.45) is 2.94. The Morgan fingerprint density at radius 3 is 2.42 bits per heavy atom. The van der Waals surface area contributed by atoms with Crippen molar-refractivity contribution in [1.29, 1.82) is 0 Å². The van der Waals surface area contributed by atoms with E-state index in [1.54, 1.807) is 6.26 Å². The molecule has 0 unspecified atom stereocenters. The molecule has 2 aromatic rings. The number of fused-ring (bicyclic) bond motifs is 1. The lowest BCUT2D eigenvalue weighted by Crippen LogP contribution is -2.12. The fraction of sp³-hybridized carbons (Fsp3) is 0.533. The number of nitrogens with one attached hydrogen (secondary N) is 2. The van der Waals surface area contributed by atoms with Gasteiger partial charge in [-0.05, 0) is 26.3 Å². The molecule has 0 spiro atoms. The highest BCUT2D eigenvalue weighted by Gasteiger charge is 2.18. The molecule has 0 aromatic carbocycles. The number of H-pyrrole nitrogens is 1. The van der Waals surface area contributed by atoms with Crippen molar-refractivity contribution in [3.63, 3.8) is 0 Å². The molecule has 0 fully saturated rings. The van der Waals surface area contributed by atoms with Gasteiger partial charge in [0, 0.05) is 0 Å². The maximum atomic E-state index is 13.7. The first-order chi connectivity index (χ1) is 11.5. The van der Waals surface area contributed by atoms with E-state index in [9.17, 15) is 9.18 Å². The van der Waals surface area contributed by atoms with Gasteiger partial charge in [0.2, 0.25) is 5.88 Å². The number of ether oxygens (including phenoxy) is 1. The molecule has 2 N–H and O–H groups in total. The van der Waals surface area contributed by atoms with E-state index in [-0.39, 0.29) is 21.9 Å². The van der Waals surface area contributed by atoms with Gasteiger partial charge in [-0.25, -0.2) is 9.37 Å². The van der Waals surface area contributed by atoms with Crippen molar-refractivity contribution in [2.24, 2.45) is 0 Å². The third-order valence-electron chi connectivity index (χ3n) is 2.59. The van der Waals surface area contributed by atoms with Crippen LogP contribution in [0, 0.1) is 5.82 Å². The van der Waals surface area contributed by atoms with E-state index >= 15 is 0 Å². The topological polar surface area (TPSA) is 79.9 Å². The number of thioether (sulfide) groups is 1. The van der Waals surface area contributed by atoms with E-state index in [2.05, 4.69) is 27.2 Å². The van der Waals surface area contributed by atoms with Crippen LogP contribution in [0.1, 0.15) is 27.2 Å². The smallest absolute Gasteiger partial charge is 0.265 e. The molecule has 0 saturated heterocycles. The first kappa shape index (κ1) is 22.6. The summed E-state index contributed by atoms with van der Waals surface area (Å²) < 4.78 is 18.6. The number of methoxy groups -OCH3 is 1. The molecule has 0 amide bonds. The Morgan fingerprint density at radius 2 is 2.00 bits per heavy atom. The second-order valence-corrected chi connectivity index (χ2v) is 5.28. The van der Waals surface area contributed by atoms with Crippen LogP contribution >= 0.6 is 23.4 Å². The second kappa shape index (κ2) is 12.0. The second-order valence-electron chi connectivity index (χ2n) is 4.13. The van der Waals surface area contributed by atoms with Crippen LogP contribution in [0.4, 0.5) is 4.39 Å². The van der Waals surface area contributed by atoms with Crippen LogP contribution in [0.15, 0.2) is 9.95 Å². The highest BCUT2D eigenvalue weighted by Crippen LogP contribution is 2.26. The third kappa shape index (κ3) is 5.92. The molecule has 2 rings (SSSR count). The minimum atomic E-state index is -0.830. The van der Waals surface area contributed by atoms with Gasteiger partial charge in [0.15, 0.2) is 16.1 Å². The van der Waals surface area contributed by atoms with Crippen LogP contribution in [0.5, 0.6) is 5.88 Å². The monoisotopic (exact) mass is 378 g/mol. The molecule has 2 heterocycles.